The number of rotatable bonds is 3. The Kier molecular flexibility index (Phi) is 3.11. The second kappa shape index (κ2) is 5.59. The van der Waals surface area contributed by atoms with Crippen molar-refractivity contribution in [1.29, 1.82) is 0 Å². The number of H-pyrrole nitrogens is 3. The molecule has 0 radical (unpaired) electrons. The van der Waals surface area contributed by atoms with E-state index in [1.807, 2.05) is 30.5 Å². The number of aromatic nitrogens is 5. The SMILES string of the molecule is O=C(C=Cc1cnc[nH]1)Nc1ccc2nc3c(ccc4c[nH][nH]c43)c2c1. The molecule has 2 aromatic carbocycles. The van der Waals surface area contributed by atoms with Crippen molar-refractivity contribution in [2.75, 3.05) is 5.32 Å². The molecule has 0 atom stereocenters. The molecule has 0 aliphatic carbocycles. The van der Waals surface area contributed by atoms with Crippen LogP contribution in [0.5, 0.6) is 0 Å². The van der Waals surface area contributed by atoms with Crippen LogP contribution in [-0.2, 0) is 4.79 Å². The summed E-state index contributed by atoms with van der Waals surface area (Å²) in [6, 6.07) is 9.82. The van der Waals surface area contributed by atoms with Crippen LogP contribution in [0.15, 0.2) is 55.1 Å². The lowest BCUT2D eigenvalue weighted by atomic mass is 10.1. The third-order valence-electron chi connectivity index (χ3n) is 4.36. The first-order chi connectivity index (χ1) is 12.8. The molecule has 7 heteroatoms. The molecule has 26 heavy (non-hydrogen) atoms. The highest BCUT2D eigenvalue weighted by Crippen LogP contribution is 2.31. The molecule has 4 N–H and O–H groups in total. The van der Waals surface area contributed by atoms with E-state index in [9.17, 15) is 4.79 Å². The fourth-order valence-electron chi connectivity index (χ4n) is 3.13. The Hall–Kier alpha value is -3.87. The average molecular weight is 342 g/mol. The van der Waals surface area contributed by atoms with Gasteiger partial charge in [0, 0.05) is 34.1 Å². The number of aromatic amines is 3. The number of benzene rings is 2. The molecule has 0 saturated heterocycles. The molecule has 5 aromatic rings. The van der Waals surface area contributed by atoms with Gasteiger partial charge in [-0.25, -0.2) is 9.97 Å². The summed E-state index contributed by atoms with van der Waals surface area (Å²) >= 11 is 0. The lowest BCUT2D eigenvalue weighted by molar-refractivity contribution is -0.111. The van der Waals surface area contributed by atoms with Gasteiger partial charge >= 0.3 is 0 Å². The van der Waals surface area contributed by atoms with E-state index >= 15 is 0 Å². The van der Waals surface area contributed by atoms with Gasteiger partial charge in [-0.3, -0.25) is 9.89 Å². The monoisotopic (exact) mass is 342 g/mol. The number of hydrogen-bond donors (Lipinski definition) is 4. The Balaban J connectivity index is 1.50. The molecule has 0 fully saturated rings. The van der Waals surface area contributed by atoms with Crippen molar-refractivity contribution in [2.24, 2.45) is 0 Å². The van der Waals surface area contributed by atoms with Crippen LogP contribution < -0.4 is 5.32 Å². The third-order valence-corrected chi connectivity index (χ3v) is 4.36. The number of fused-ring (bicyclic) bond motifs is 5. The van der Waals surface area contributed by atoms with Gasteiger partial charge in [-0.15, -0.1) is 0 Å². The predicted octanol–water partition coefficient (Wildman–Crippen LogP) is 3.57. The Morgan fingerprint density at radius 2 is 2.12 bits per heavy atom. The maximum Gasteiger partial charge on any atom is 0.248 e. The molecule has 7 nitrogen and oxygen atoms in total. The topological polar surface area (TPSA) is 102 Å². The molecule has 0 bridgehead atoms. The Labute approximate surface area is 147 Å². The van der Waals surface area contributed by atoms with Gasteiger partial charge in [0.25, 0.3) is 0 Å². The van der Waals surface area contributed by atoms with Gasteiger partial charge in [-0.2, -0.15) is 0 Å². The molecule has 0 aliphatic rings. The summed E-state index contributed by atoms with van der Waals surface area (Å²) in [5.41, 5.74) is 4.29. The van der Waals surface area contributed by atoms with Crippen molar-refractivity contribution < 1.29 is 4.79 Å². The molecule has 5 rings (SSSR count). The highest BCUT2D eigenvalue weighted by Gasteiger charge is 2.11. The van der Waals surface area contributed by atoms with Crippen molar-refractivity contribution in [3.05, 3.63) is 60.8 Å². The summed E-state index contributed by atoms with van der Waals surface area (Å²) in [6.07, 6.45) is 8.27. The molecule has 3 aromatic heterocycles. The number of amides is 1. The lowest BCUT2D eigenvalue weighted by Crippen LogP contribution is -2.07. The van der Waals surface area contributed by atoms with Crippen LogP contribution in [0.1, 0.15) is 5.69 Å². The smallest absolute Gasteiger partial charge is 0.248 e. The van der Waals surface area contributed by atoms with Crippen molar-refractivity contribution in [2.45, 2.75) is 0 Å². The zero-order valence-electron chi connectivity index (χ0n) is 13.6. The molecule has 0 unspecified atom stereocenters. The first-order valence-electron chi connectivity index (χ1n) is 8.13. The third kappa shape index (κ3) is 2.34. The molecule has 0 saturated carbocycles. The summed E-state index contributed by atoms with van der Waals surface area (Å²) in [4.78, 5) is 23.7. The number of nitrogens with zero attached hydrogens (tertiary/aromatic N) is 2. The van der Waals surface area contributed by atoms with Crippen molar-refractivity contribution in [1.82, 2.24) is 25.1 Å². The van der Waals surface area contributed by atoms with Crippen molar-refractivity contribution in [3.63, 3.8) is 0 Å². The molecule has 3 heterocycles. The average Bonchev–Trinajstić information content (AvgIpc) is 3.38. The fourth-order valence-corrected chi connectivity index (χ4v) is 3.13. The van der Waals surface area contributed by atoms with Crippen LogP contribution in [0.4, 0.5) is 5.69 Å². The minimum absolute atomic E-state index is 0.205. The van der Waals surface area contributed by atoms with Crippen LogP contribution in [0, 0.1) is 0 Å². The van der Waals surface area contributed by atoms with Crippen molar-refractivity contribution >= 4 is 50.4 Å². The number of nitrogens with one attached hydrogen (secondary N) is 4. The highest BCUT2D eigenvalue weighted by molar-refractivity contribution is 6.16. The van der Waals surface area contributed by atoms with Crippen LogP contribution in [0.25, 0.3) is 38.8 Å². The quantitative estimate of drug-likeness (QED) is 0.377. The van der Waals surface area contributed by atoms with E-state index in [-0.39, 0.29) is 5.91 Å². The molecule has 126 valence electrons. The number of hydrogen-bond acceptors (Lipinski definition) is 3. The Bertz CT molecular complexity index is 1280. The van der Waals surface area contributed by atoms with Crippen LogP contribution in [-0.4, -0.2) is 31.1 Å². The highest BCUT2D eigenvalue weighted by atomic mass is 16.1. The summed E-state index contributed by atoms with van der Waals surface area (Å²) in [7, 11) is 0. The van der Waals surface area contributed by atoms with Gasteiger partial charge in [0.1, 0.15) is 0 Å². The number of carbonyl (C=O) groups excluding carboxylic acids is 1. The van der Waals surface area contributed by atoms with E-state index in [1.54, 1.807) is 18.6 Å². The van der Waals surface area contributed by atoms with E-state index in [4.69, 9.17) is 4.98 Å². The second-order valence-electron chi connectivity index (χ2n) is 6.01. The molecule has 1 amide bonds. The van der Waals surface area contributed by atoms with Gasteiger partial charge in [-0.1, -0.05) is 12.1 Å². The molecular weight excluding hydrogens is 328 g/mol. The van der Waals surface area contributed by atoms with Crippen molar-refractivity contribution in [3.8, 4) is 0 Å². The summed E-state index contributed by atoms with van der Waals surface area (Å²) in [6.45, 7) is 0. The molecule has 0 spiro atoms. The number of carbonyl (C=O) groups is 1. The van der Waals surface area contributed by atoms with Crippen LogP contribution in [0.3, 0.4) is 0 Å². The molecular formula is C19H14N6O. The van der Waals surface area contributed by atoms with E-state index in [0.29, 0.717) is 0 Å². The largest absolute Gasteiger partial charge is 0.345 e. The maximum absolute atomic E-state index is 12.1. The van der Waals surface area contributed by atoms with Crippen LogP contribution in [0.2, 0.25) is 0 Å². The van der Waals surface area contributed by atoms with Crippen LogP contribution >= 0.6 is 0 Å². The first kappa shape index (κ1) is 14.5. The lowest BCUT2D eigenvalue weighted by Gasteiger charge is -2.02. The standard InChI is InChI=1S/C19H14N6O/c26-17(6-3-13-9-20-10-21-13)23-12-2-5-16-15(7-12)14-4-1-11-8-22-25-18(11)19(14)24-16/h1-10,22,25H,(H,20,21)(H,23,26). The zero-order chi connectivity index (χ0) is 17.5. The molecule has 0 aliphatic heterocycles. The summed E-state index contributed by atoms with van der Waals surface area (Å²) < 4.78 is 0. The van der Waals surface area contributed by atoms with Gasteiger partial charge in [0.2, 0.25) is 5.91 Å². The maximum atomic E-state index is 12.1. The van der Waals surface area contributed by atoms with Gasteiger partial charge in [-0.05, 0) is 24.3 Å². The zero-order valence-corrected chi connectivity index (χ0v) is 13.6. The van der Waals surface area contributed by atoms with Gasteiger partial charge in [0.05, 0.1) is 34.8 Å². The minimum Gasteiger partial charge on any atom is -0.345 e. The van der Waals surface area contributed by atoms with Gasteiger partial charge < -0.3 is 15.4 Å². The van der Waals surface area contributed by atoms with E-state index in [1.165, 1.54) is 6.08 Å². The van der Waals surface area contributed by atoms with E-state index in [2.05, 4.69) is 31.5 Å². The number of anilines is 1. The Morgan fingerprint density at radius 3 is 3.00 bits per heavy atom. The van der Waals surface area contributed by atoms with E-state index in [0.717, 1.165) is 44.1 Å². The van der Waals surface area contributed by atoms with Gasteiger partial charge in [0.15, 0.2) is 0 Å². The Morgan fingerprint density at radius 1 is 1.15 bits per heavy atom. The normalized spacial score (nSPS) is 11.8. The first-order valence-corrected chi connectivity index (χ1v) is 8.13. The number of imidazole rings is 1. The summed E-state index contributed by atoms with van der Waals surface area (Å²) in [5.74, 6) is -0.205. The second-order valence-corrected chi connectivity index (χ2v) is 6.01. The minimum atomic E-state index is -0.205. The summed E-state index contributed by atoms with van der Waals surface area (Å²) in [5, 5.41) is 12.1. The predicted molar refractivity (Wildman–Crippen MR) is 102 cm³/mol. The van der Waals surface area contributed by atoms with E-state index < -0.39 is 0 Å². The fraction of sp³-hybridized carbons (Fsp3) is 0.